The van der Waals surface area contributed by atoms with Crippen LogP contribution in [-0.4, -0.2) is 10.8 Å². The molecule has 0 aliphatic carbocycles. The highest BCUT2D eigenvalue weighted by molar-refractivity contribution is 6.31. The van der Waals surface area contributed by atoms with Gasteiger partial charge in [0.1, 0.15) is 0 Å². The third-order valence-electron chi connectivity index (χ3n) is 2.21. The van der Waals surface area contributed by atoms with Crippen LogP contribution >= 0.6 is 11.6 Å². The van der Waals surface area contributed by atoms with Crippen molar-refractivity contribution in [3.8, 4) is 0 Å². The summed E-state index contributed by atoms with van der Waals surface area (Å²) in [6.07, 6.45) is 2.07. The number of Topliss-reactive ketones (excluding diaryl/α,β-unsaturated/α-hetero) is 1. The first-order valence-electron chi connectivity index (χ1n) is 4.67. The van der Waals surface area contributed by atoms with Crippen molar-refractivity contribution in [2.75, 3.05) is 0 Å². The van der Waals surface area contributed by atoms with Crippen molar-refractivity contribution in [3.05, 3.63) is 58.9 Å². The number of nitrogens with one attached hydrogen (secondary N) is 1. The van der Waals surface area contributed by atoms with Crippen molar-refractivity contribution in [1.29, 1.82) is 0 Å². The summed E-state index contributed by atoms with van der Waals surface area (Å²) in [5.41, 5.74) is 1.48. The second kappa shape index (κ2) is 4.32. The fourth-order valence-electron chi connectivity index (χ4n) is 1.41. The molecule has 1 N–H and O–H groups in total. The molecule has 2 nitrogen and oxygen atoms in total. The fraction of sp³-hybridized carbons (Fsp3) is 0.0833. The molecule has 3 heteroatoms. The number of rotatable bonds is 3. The van der Waals surface area contributed by atoms with E-state index in [0.717, 1.165) is 5.56 Å². The van der Waals surface area contributed by atoms with Gasteiger partial charge in [0.25, 0.3) is 0 Å². The molecule has 0 amide bonds. The highest BCUT2D eigenvalue weighted by atomic mass is 35.5. The minimum Gasteiger partial charge on any atom is -0.359 e. The van der Waals surface area contributed by atoms with E-state index in [9.17, 15) is 4.79 Å². The predicted octanol–water partition coefficient (Wildman–Crippen LogP) is 3.09. The quantitative estimate of drug-likeness (QED) is 0.791. The molecular formula is C12H10ClNO. The number of carbonyl (C=O) groups is 1. The zero-order valence-corrected chi connectivity index (χ0v) is 8.79. The highest BCUT2D eigenvalue weighted by Crippen LogP contribution is 2.16. The second-order valence-electron chi connectivity index (χ2n) is 3.28. The number of halogens is 1. The summed E-state index contributed by atoms with van der Waals surface area (Å²) < 4.78 is 0. The Labute approximate surface area is 92.9 Å². The highest BCUT2D eigenvalue weighted by Gasteiger charge is 2.09. The average molecular weight is 220 g/mol. The van der Waals surface area contributed by atoms with Crippen LogP contribution in [0.1, 0.15) is 16.1 Å². The number of hydrogen-bond acceptors (Lipinski definition) is 1. The van der Waals surface area contributed by atoms with Crippen LogP contribution in [0.5, 0.6) is 0 Å². The van der Waals surface area contributed by atoms with Crippen molar-refractivity contribution in [2.24, 2.45) is 0 Å². The number of aromatic nitrogens is 1. The van der Waals surface area contributed by atoms with Gasteiger partial charge >= 0.3 is 0 Å². The maximum absolute atomic E-state index is 11.7. The van der Waals surface area contributed by atoms with E-state index >= 15 is 0 Å². The molecule has 2 aromatic rings. The summed E-state index contributed by atoms with van der Waals surface area (Å²) in [5.74, 6) is 0.0492. The third-order valence-corrected chi connectivity index (χ3v) is 2.58. The maximum Gasteiger partial charge on any atom is 0.183 e. The zero-order chi connectivity index (χ0) is 10.7. The van der Waals surface area contributed by atoms with Gasteiger partial charge in [-0.2, -0.15) is 0 Å². The lowest BCUT2D eigenvalue weighted by Gasteiger charge is -2.01. The Hall–Kier alpha value is -1.54. The van der Waals surface area contributed by atoms with Gasteiger partial charge in [-0.05, 0) is 23.8 Å². The van der Waals surface area contributed by atoms with Gasteiger partial charge < -0.3 is 4.98 Å². The molecule has 0 fully saturated rings. The molecule has 0 spiro atoms. The van der Waals surface area contributed by atoms with Gasteiger partial charge in [0.15, 0.2) is 5.78 Å². The van der Waals surface area contributed by atoms with Crippen molar-refractivity contribution >= 4 is 17.4 Å². The second-order valence-corrected chi connectivity index (χ2v) is 3.68. The Kier molecular flexibility index (Phi) is 2.88. The van der Waals surface area contributed by atoms with Crippen LogP contribution in [0.2, 0.25) is 5.02 Å². The van der Waals surface area contributed by atoms with Crippen LogP contribution in [0.3, 0.4) is 0 Å². The predicted molar refractivity (Wildman–Crippen MR) is 60.3 cm³/mol. The molecule has 0 saturated carbocycles. The lowest BCUT2D eigenvalue weighted by molar-refractivity contribution is 0.0989. The smallest absolute Gasteiger partial charge is 0.183 e. The topological polar surface area (TPSA) is 32.9 Å². The third kappa shape index (κ3) is 2.28. The van der Waals surface area contributed by atoms with Gasteiger partial charge in [-0.3, -0.25) is 4.79 Å². The lowest BCUT2D eigenvalue weighted by Crippen LogP contribution is -2.04. The summed E-state index contributed by atoms with van der Waals surface area (Å²) in [5, 5.41) is 0.636. The van der Waals surface area contributed by atoms with Crippen LogP contribution in [0.4, 0.5) is 0 Å². The molecule has 0 bridgehead atoms. The SMILES string of the molecule is O=C(Cc1ccccc1Cl)c1ccc[nH]1. The molecular weight excluding hydrogens is 210 g/mol. The minimum absolute atomic E-state index is 0.0492. The molecule has 0 atom stereocenters. The van der Waals surface area contributed by atoms with E-state index in [1.807, 2.05) is 18.2 Å². The van der Waals surface area contributed by atoms with Crippen molar-refractivity contribution in [1.82, 2.24) is 4.98 Å². The largest absolute Gasteiger partial charge is 0.359 e. The minimum atomic E-state index is 0.0492. The zero-order valence-electron chi connectivity index (χ0n) is 8.03. The lowest BCUT2D eigenvalue weighted by atomic mass is 10.1. The Bertz CT molecular complexity index is 462. The number of ketones is 1. The van der Waals surface area contributed by atoms with Crippen molar-refractivity contribution < 1.29 is 4.79 Å². The molecule has 2 rings (SSSR count). The fourth-order valence-corrected chi connectivity index (χ4v) is 1.62. The Balaban J connectivity index is 2.17. The first kappa shape index (κ1) is 9.99. The molecule has 76 valence electrons. The molecule has 0 unspecified atom stereocenters. The normalized spacial score (nSPS) is 10.2. The average Bonchev–Trinajstić information content (AvgIpc) is 2.74. The number of H-pyrrole nitrogens is 1. The number of benzene rings is 1. The summed E-state index contributed by atoms with van der Waals surface area (Å²) in [4.78, 5) is 14.6. The Morgan fingerprint density at radius 3 is 2.67 bits per heavy atom. The molecule has 0 radical (unpaired) electrons. The van der Waals surface area contributed by atoms with E-state index in [-0.39, 0.29) is 5.78 Å². The Morgan fingerprint density at radius 2 is 2.00 bits per heavy atom. The summed E-state index contributed by atoms with van der Waals surface area (Å²) in [6, 6.07) is 11.0. The van der Waals surface area contributed by atoms with Crippen LogP contribution in [0.15, 0.2) is 42.6 Å². The van der Waals surface area contributed by atoms with E-state index in [2.05, 4.69) is 4.98 Å². The van der Waals surface area contributed by atoms with Gasteiger partial charge in [0.2, 0.25) is 0 Å². The molecule has 0 aliphatic heterocycles. The number of carbonyl (C=O) groups excluding carboxylic acids is 1. The molecule has 0 aliphatic rings. The van der Waals surface area contributed by atoms with Gasteiger partial charge in [-0.15, -0.1) is 0 Å². The molecule has 1 aromatic carbocycles. The molecule has 1 heterocycles. The van der Waals surface area contributed by atoms with Gasteiger partial charge in [-0.1, -0.05) is 29.8 Å². The van der Waals surface area contributed by atoms with E-state index < -0.39 is 0 Å². The monoisotopic (exact) mass is 219 g/mol. The maximum atomic E-state index is 11.7. The Morgan fingerprint density at radius 1 is 1.20 bits per heavy atom. The van der Waals surface area contributed by atoms with Crippen LogP contribution in [-0.2, 0) is 6.42 Å². The van der Waals surface area contributed by atoms with E-state index in [1.165, 1.54) is 0 Å². The summed E-state index contributed by atoms with van der Waals surface area (Å²) in [7, 11) is 0. The number of aromatic amines is 1. The van der Waals surface area contributed by atoms with E-state index in [4.69, 9.17) is 11.6 Å². The van der Waals surface area contributed by atoms with Crippen LogP contribution < -0.4 is 0 Å². The van der Waals surface area contributed by atoms with Gasteiger partial charge in [0, 0.05) is 17.6 Å². The van der Waals surface area contributed by atoms with E-state index in [0.29, 0.717) is 17.1 Å². The molecule has 1 aromatic heterocycles. The molecule has 0 saturated heterocycles. The standard InChI is InChI=1S/C12H10ClNO/c13-10-5-2-1-4-9(10)8-12(15)11-6-3-7-14-11/h1-7,14H,8H2. The first-order valence-corrected chi connectivity index (χ1v) is 5.05. The van der Waals surface area contributed by atoms with Crippen molar-refractivity contribution in [2.45, 2.75) is 6.42 Å². The number of hydrogen-bond donors (Lipinski definition) is 1. The van der Waals surface area contributed by atoms with E-state index in [1.54, 1.807) is 24.4 Å². The van der Waals surface area contributed by atoms with Gasteiger partial charge in [0.05, 0.1) is 5.69 Å². The summed E-state index contributed by atoms with van der Waals surface area (Å²) in [6.45, 7) is 0. The molecule has 15 heavy (non-hydrogen) atoms. The van der Waals surface area contributed by atoms with Crippen LogP contribution in [0.25, 0.3) is 0 Å². The first-order chi connectivity index (χ1) is 7.27. The summed E-state index contributed by atoms with van der Waals surface area (Å²) >= 11 is 5.97. The van der Waals surface area contributed by atoms with Crippen LogP contribution in [0, 0.1) is 0 Å². The van der Waals surface area contributed by atoms with Gasteiger partial charge in [-0.25, -0.2) is 0 Å². The van der Waals surface area contributed by atoms with Crippen molar-refractivity contribution in [3.63, 3.8) is 0 Å².